The third-order valence-corrected chi connectivity index (χ3v) is 2.88. The molecule has 1 fully saturated rings. The summed E-state index contributed by atoms with van der Waals surface area (Å²) in [5.74, 6) is 0.987. The number of aromatic nitrogens is 2. The highest BCUT2D eigenvalue weighted by atomic mass is 32.2. The van der Waals surface area contributed by atoms with Crippen molar-refractivity contribution < 1.29 is 4.74 Å². The lowest BCUT2D eigenvalue weighted by Crippen LogP contribution is -2.07. The largest absolute Gasteiger partial charge is 0.369 e. The Morgan fingerprint density at radius 1 is 1.91 bits per heavy atom. The SMILES string of the molecule is CC1(CSc2ncc[nH]2)CO1. The van der Waals surface area contributed by atoms with Gasteiger partial charge in [0.05, 0.1) is 12.2 Å². The van der Waals surface area contributed by atoms with Gasteiger partial charge in [-0.3, -0.25) is 0 Å². The second kappa shape index (κ2) is 2.53. The molecule has 0 aliphatic carbocycles. The summed E-state index contributed by atoms with van der Waals surface area (Å²) >= 11 is 1.70. The van der Waals surface area contributed by atoms with Gasteiger partial charge in [-0.15, -0.1) is 0 Å². The molecule has 1 N–H and O–H groups in total. The fourth-order valence-electron chi connectivity index (χ4n) is 0.757. The quantitative estimate of drug-likeness (QED) is 0.549. The smallest absolute Gasteiger partial charge is 0.165 e. The molecule has 1 saturated heterocycles. The average Bonchev–Trinajstić information content (AvgIpc) is 2.53. The molecule has 1 atom stereocenters. The maximum absolute atomic E-state index is 5.23. The Bertz CT molecular complexity index is 231. The van der Waals surface area contributed by atoms with Crippen molar-refractivity contribution in [2.45, 2.75) is 17.7 Å². The van der Waals surface area contributed by atoms with Crippen LogP contribution in [0.3, 0.4) is 0 Å². The minimum Gasteiger partial charge on any atom is -0.369 e. The van der Waals surface area contributed by atoms with Gasteiger partial charge in [0.25, 0.3) is 0 Å². The van der Waals surface area contributed by atoms with Gasteiger partial charge in [0.2, 0.25) is 0 Å². The molecule has 0 spiro atoms. The van der Waals surface area contributed by atoms with Crippen molar-refractivity contribution in [1.29, 1.82) is 0 Å². The Kier molecular flexibility index (Phi) is 1.65. The summed E-state index contributed by atoms with van der Waals surface area (Å²) in [6.07, 6.45) is 3.59. The van der Waals surface area contributed by atoms with E-state index in [0.717, 1.165) is 17.5 Å². The predicted molar refractivity (Wildman–Crippen MR) is 43.7 cm³/mol. The number of rotatable bonds is 3. The number of H-pyrrole nitrogens is 1. The third kappa shape index (κ3) is 1.75. The molecule has 0 aromatic carbocycles. The van der Waals surface area contributed by atoms with E-state index in [0.29, 0.717) is 0 Å². The van der Waals surface area contributed by atoms with E-state index in [4.69, 9.17) is 4.74 Å². The van der Waals surface area contributed by atoms with Crippen LogP contribution in [0.2, 0.25) is 0 Å². The third-order valence-electron chi connectivity index (χ3n) is 1.62. The summed E-state index contributed by atoms with van der Waals surface area (Å²) in [4.78, 5) is 7.13. The van der Waals surface area contributed by atoms with Crippen molar-refractivity contribution in [3.05, 3.63) is 12.4 Å². The highest BCUT2D eigenvalue weighted by Crippen LogP contribution is 2.31. The Morgan fingerprint density at radius 2 is 2.73 bits per heavy atom. The van der Waals surface area contributed by atoms with Gasteiger partial charge < -0.3 is 9.72 Å². The predicted octanol–water partition coefficient (Wildman–Crippen LogP) is 1.29. The van der Waals surface area contributed by atoms with Crippen molar-refractivity contribution in [1.82, 2.24) is 9.97 Å². The molecule has 0 radical (unpaired) electrons. The van der Waals surface area contributed by atoms with Gasteiger partial charge in [0.15, 0.2) is 5.16 Å². The molecular formula is C7H10N2OS. The van der Waals surface area contributed by atoms with Gasteiger partial charge in [-0.1, -0.05) is 11.8 Å². The number of hydrogen-bond donors (Lipinski definition) is 1. The highest BCUT2D eigenvalue weighted by Gasteiger charge is 2.39. The highest BCUT2D eigenvalue weighted by molar-refractivity contribution is 7.99. The minimum atomic E-state index is 0.122. The van der Waals surface area contributed by atoms with E-state index in [-0.39, 0.29) is 5.60 Å². The zero-order chi connectivity index (χ0) is 7.73. The number of aromatic amines is 1. The molecule has 4 heteroatoms. The van der Waals surface area contributed by atoms with Gasteiger partial charge in [0, 0.05) is 18.1 Å². The fourth-order valence-corrected chi connectivity index (χ4v) is 1.65. The van der Waals surface area contributed by atoms with Crippen molar-refractivity contribution in [2.75, 3.05) is 12.4 Å². The van der Waals surface area contributed by atoms with Crippen molar-refractivity contribution in [3.63, 3.8) is 0 Å². The first-order chi connectivity index (χ1) is 5.29. The maximum atomic E-state index is 5.23. The zero-order valence-electron chi connectivity index (χ0n) is 6.33. The topological polar surface area (TPSA) is 41.2 Å². The Hall–Kier alpha value is -0.480. The molecule has 0 saturated carbocycles. The fraction of sp³-hybridized carbons (Fsp3) is 0.571. The number of nitrogens with zero attached hydrogens (tertiary/aromatic N) is 1. The number of nitrogens with one attached hydrogen (secondary N) is 1. The maximum Gasteiger partial charge on any atom is 0.165 e. The molecule has 0 bridgehead atoms. The molecule has 1 aromatic rings. The summed E-state index contributed by atoms with van der Waals surface area (Å²) in [6.45, 7) is 3.00. The average molecular weight is 170 g/mol. The molecule has 1 aliphatic heterocycles. The van der Waals surface area contributed by atoms with Crippen LogP contribution in [0.5, 0.6) is 0 Å². The van der Waals surface area contributed by atoms with E-state index in [1.165, 1.54) is 0 Å². The van der Waals surface area contributed by atoms with E-state index in [1.54, 1.807) is 18.0 Å². The Balaban J connectivity index is 1.83. The Morgan fingerprint density at radius 3 is 3.27 bits per heavy atom. The second-order valence-electron chi connectivity index (χ2n) is 2.92. The molecule has 60 valence electrons. The molecular weight excluding hydrogens is 160 g/mol. The summed E-state index contributed by atoms with van der Waals surface area (Å²) < 4.78 is 5.23. The summed E-state index contributed by atoms with van der Waals surface area (Å²) in [5.41, 5.74) is 0.122. The minimum absolute atomic E-state index is 0.122. The molecule has 3 nitrogen and oxygen atoms in total. The van der Waals surface area contributed by atoms with E-state index in [9.17, 15) is 0 Å². The second-order valence-corrected chi connectivity index (χ2v) is 3.89. The lowest BCUT2D eigenvalue weighted by atomic mass is 10.3. The van der Waals surface area contributed by atoms with Gasteiger partial charge in [-0.05, 0) is 6.92 Å². The van der Waals surface area contributed by atoms with Crippen molar-refractivity contribution in [2.24, 2.45) is 0 Å². The van der Waals surface area contributed by atoms with Crippen LogP contribution in [-0.4, -0.2) is 27.9 Å². The zero-order valence-corrected chi connectivity index (χ0v) is 7.15. The summed E-state index contributed by atoms with van der Waals surface area (Å²) in [6, 6.07) is 0. The number of hydrogen-bond acceptors (Lipinski definition) is 3. The lowest BCUT2D eigenvalue weighted by molar-refractivity contribution is 0.348. The van der Waals surface area contributed by atoms with Crippen molar-refractivity contribution in [3.8, 4) is 0 Å². The van der Waals surface area contributed by atoms with Gasteiger partial charge in [-0.25, -0.2) is 4.98 Å². The first-order valence-electron chi connectivity index (χ1n) is 3.55. The molecule has 0 amide bonds. The van der Waals surface area contributed by atoms with E-state index in [2.05, 4.69) is 16.9 Å². The summed E-state index contributed by atoms with van der Waals surface area (Å²) in [7, 11) is 0. The number of thioether (sulfide) groups is 1. The summed E-state index contributed by atoms with van der Waals surface area (Å²) in [5, 5.41) is 0.974. The molecule has 2 heterocycles. The van der Waals surface area contributed by atoms with E-state index >= 15 is 0 Å². The van der Waals surface area contributed by atoms with E-state index < -0.39 is 0 Å². The first-order valence-corrected chi connectivity index (χ1v) is 4.53. The molecule has 2 rings (SSSR count). The van der Waals surface area contributed by atoms with Crippen molar-refractivity contribution >= 4 is 11.8 Å². The Labute approximate surface area is 69.6 Å². The standard InChI is InChI=1S/C7H10N2OS/c1-7(4-10-7)5-11-6-8-2-3-9-6/h2-3H,4-5H2,1H3,(H,8,9). The van der Waals surface area contributed by atoms with Crippen LogP contribution in [0.1, 0.15) is 6.92 Å². The molecule has 1 aliphatic rings. The van der Waals surface area contributed by atoms with Gasteiger partial charge in [0.1, 0.15) is 0 Å². The monoisotopic (exact) mass is 170 g/mol. The van der Waals surface area contributed by atoms with Gasteiger partial charge in [-0.2, -0.15) is 0 Å². The molecule has 1 unspecified atom stereocenters. The molecule has 11 heavy (non-hydrogen) atoms. The van der Waals surface area contributed by atoms with Crippen LogP contribution in [-0.2, 0) is 4.74 Å². The van der Waals surface area contributed by atoms with Crippen LogP contribution >= 0.6 is 11.8 Å². The van der Waals surface area contributed by atoms with Crippen LogP contribution < -0.4 is 0 Å². The van der Waals surface area contributed by atoms with Gasteiger partial charge >= 0.3 is 0 Å². The van der Waals surface area contributed by atoms with Crippen LogP contribution in [0, 0.1) is 0 Å². The van der Waals surface area contributed by atoms with Crippen LogP contribution in [0.4, 0.5) is 0 Å². The normalized spacial score (nSPS) is 28.8. The van der Waals surface area contributed by atoms with E-state index in [1.807, 2.05) is 6.20 Å². The number of epoxide rings is 1. The molecule has 1 aromatic heterocycles. The number of ether oxygens (including phenoxy) is 1. The first kappa shape index (κ1) is 7.18. The number of imidazole rings is 1. The van der Waals surface area contributed by atoms with Crippen LogP contribution in [0.15, 0.2) is 17.6 Å². The lowest BCUT2D eigenvalue weighted by Gasteiger charge is -2.00. The van der Waals surface area contributed by atoms with Crippen LogP contribution in [0.25, 0.3) is 0 Å².